The van der Waals surface area contributed by atoms with Gasteiger partial charge in [-0.05, 0) is 31.9 Å². The van der Waals surface area contributed by atoms with E-state index < -0.39 is 0 Å². The predicted octanol–water partition coefficient (Wildman–Crippen LogP) is 1.68. The van der Waals surface area contributed by atoms with Crippen LogP contribution in [0.3, 0.4) is 0 Å². The second kappa shape index (κ2) is 5.93. The summed E-state index contributed by atoms with van der Waals surface area (Å²) >= 11 is 0. The highest BCUT2D eigenvalue weighted by molar-refractivity contribution is 5.52. The fraction of sp³-hybridized carbons (Fsp3) is 0.538. The van der Waals surface area contributed by atoms with E-state index >= 15 is 0 Å². The summed E-state index contributed by atoms with van der Waals surface area (Å²) < 4.78 is 21.5. The highest BCUT2D eigenvalue weighted by atomic mass is 16.7. The van der Waals surface area contributed by atoms with Gasteiger partial charge in [-0.1, -0.05) is 0 Å². The molecule has 0 radical (unpaired) electrons. The molecule has 2 N–H and O–H groups in total. The van der Waals surface area contributed by atoms with Crippen LogP contribution in [-0.2, 0) is 11.2 Å². The molecule has 18 heavy (non-hydrogen) atoms. The van der Waals surface area contributed by atoms with E-state index in [1.807, 2.05) is 26.0 Å². The summed E-state index contributed by atoms with van der Waals surface area (Å²) in [5, 5.41) is 0. The van der Waals surface area contributed by atoms with Crippen LogP contribution in [0.4, 0.5) is 0 Å². The van der Waals surface area contributed by atoms with E-state index in [0.717, 1.165) is 23.5 Å². The molecular weight excluding hydrogens is 234 g/mol. The molecule has 1 atom stereocenters. The van der Waals surface area contributed by atoms with Crippen molar-refractivity contribution in [3.63, 3.8) is 0 Å². The van der Waals surface area contributed by atoms with Crippen LogP contribution in [0.2, 0.25) is 0 Å². The van der Waals surface area contributed by atoms with Gasteiger partial charge in [0.05, 0.1) is 0 Å². The molecule has 1 aliphatic heterocycles. The zero-order valence-corrected chi connectivity index (χ0v) is 10.8. The van der Waals surface area contributed by atoms with Crippen molar-refractivity contribution < 1.29 is 18.9 Å². The van der Waals surface area contributed by atoms with Gasteiger partial charge in [-0.2, -0.15) is 0 Å². The fourth-order valence-electron chi connectivity index (χ4n) is 1.79. The number of nitrogens with two attached hydrogens (primary N) is 1. The lowest BCUT2D eigenvalue weighted by atomic mass is 10.1. The van der Waals surface area contributed by atoms with Crippen LogP contribution in [0.5, 0.6) is 17.2 Å². The van der Waals surface area contributed by atoms with Crippen LogP contribution in [0.15, 0.2) is 12.1 Å². The zero-order chi connectivity index (χ0) is 13.0. The Morgan fingerprint density at radius 3 is 2.72 bits per heavy atom. The minimum atomic E-state index is 0.0554. The van der Waals surface area contributed by atoms with Crippen LogP contribution in [0.25, 0.3) is 0 Å². The Hall–Kier alpha value is -1.46. The van der Waals surface area contributed by atoms with E-state index in [9.17, 15) is 0 Å². The average Bonchev–Trinajstić information content (AvgIpc) is 2.75. The fourth-order valence-corrected chi connectivity index (χ4v) is 1.79. The third-order valence-corrected chi connectivity index (χ3v) is 2.60. The van der Waals surface area contributed by atoms with Gasteiger partial charge in [0, 0.05) is 18.7 Å². The lowest BCUT2D eigenvalue weighted by molar-refractivity contribution is 0.0217. The summed E-state index contributed by atoms with van der Waals surface area (Å²) in [6.45, 7) is 4.97. The van der Waals surface area contributed by atoms with Crippen molar-refractivity contribution in [2.75, 3.05) is 20.2 Å². The summed E-state index contributed by atoms with van der Waals surface area (Å²) in [5.74, 6) is 2.19. The maximum Gasteiger partial charge on any atom is 0.231 e. The van der Waals surface area contributed by atoms with Crippen molar-refractivity contribution in [3.8, 4) is 17.2 Å². The van der Waals surface area contributed by atoms with E-state index in [1.165, 1.54) is 0 Å². The molecule has 0 saturated heterocycles. The van der Waals surface area contributed by atoms with Gasteiger partial charge in [0.15, 0.2) is 18.3 Å². The Labute approximate surface area is 107 Å². The van der Waals surface area contributed by atoms with Crippen LogP contribution < -0.4 is 19.9 Å². The maximum atomic E-state index is 5.83. The van der Waals surface area contributed by atoms with Crippen LogP contribution >= 0.6 is 0 Å². The summed E-state index contributed by atoms with van der Waals surface area (Å²) in [4.78, 5) is 0. The Kier molecular flexibility index (Phi) is 4.28. The lowest BCUT2D eigenvalue weighted by Gasteiger charge is -2.14. The number of rotatable bonds is 6. The Morgan fingerprint density at radius 1 is 1.33 bits per heavy atom. The smallest absolute Gasteiger partial charge is 0.231 e. The zero-order valence-electron chi connectivity index (χ0n) is 10.8. The number of ether oxygens (including phenoxy) is 4. The quantitative estimate of drug-likeness (QED) is 0.617. The Morgan fingerprint density at radius 2 is 2.06 bits per heavy atom. The highest BCUT2D eigenvalue weighted by Crippen LogP contribution is 2.38. The van der Waals surface area contributed by atoms with Crippen molar-refractivity contribution in [2.24, 2.45) is 5.73 Å². The molecule has 0 spiro atoms. The van der Waals surface area contributed by atoms with Gasteiger partial charge < -0.3 is 24.7 Å². The standard InChI is InChI=1S/C13H19NO4/c1-3-15-7-16-11-6-13-12(17-8-18-13)5-10(11)4-9(2)14/h5-6,9H,3-4,7-8,14H2,1-2H3. The largest absolute Gasteiger partial charge is 0.467 e. The van der Waals surface area contributed by atoms with Gasteiger partial charge in [0.2, 0.25) is 6.79 Å². The Bertz CT molecular complexity index is 406. The van der Waals surface area contributed by atoms with Gasteiger partial charge >= 0.3 is 0 Å². The molecule has 0 aromatic heterocycles. The molecule has 100 valence electrons. The summed E-state index contributed by atoms with van der Waals surface area (Å²) in [6.07, 6.45) is 0.720. The van der Waals surface area contributed by atoms with Gasteiger partial charge in [0.25, 0.3) is 0 Å². The van der Waals surface area contributed by atoms with Crippen molar-refractivity contribution in [1.29, 1.82) is 0 Å². The second-order valence-electron chi connectivity index (χ2n) is 4.25. The van der Waals surface area contributed by atoms with Crippen molar-refractivity contribution >= 4 is 0 Å². The number of fused-ring (bicyclic) bond motifs is 1. The Balaban J connectivity index is 2.18. The molecule has 1 unspecified atom stereocenters. The highest BCUT2D eigenvalue weighted by Gasteiger charge is 2.18. The molecule has 0 fully saturated rings. The molecule has 5 nitrogen and oxygen atoms in total. The predicted molar refractivity (Wildman–Crippen MR) is 67.0 cm³/mol. The van der Waals surface area contributed by atoms with E-state index in [4.69, 9.17) is 24.7 Å². The molecule has 1 aromatic rings. The normalized spacial score (nSPS) is 14.6. The van der Waals surface area contributed by atoms with E-state index in [0.29, 0.717) is 12.4 Å². The molecule has 0 saturated carbocycles. The van der Waals surface area contributed by atoms with Crippen LogP contribution in [0, 0.1) is 0 Å². The van der Waals surface area contributed by atoms with Crippen molar-refractivity contribution in [3.05, 3.63) is 17.7 Å². The third kappa shape index (κ3) is 3.05. The monoisotopic (exact) mass is 253 g/mol. The maximum absolute atomic E-state index is 5.83. The first-order valence-corrected chi connectivity index (χ1v) is 6.09. The molecule has 0 aliphatic carbocycles. The molecule has 2 rings (SSSR count). The van der Waals surface area contributed by atoms with Crippen LogP contribution in [-0.4, -0.2) is 26.2 Å². The van der Waals surface area contributed by atoms with Gasteiger partial charge in [-0.25, -0.2) is 0 Å². The van der Waals surface area contributed by atoms with E-state index in [2.05, 4.69) is 0 Å². The SMILES string of the molecule is CCOCOc1cc2c(cc1CC(C)N)OCO2. The van der Waals surface area contributed by atoms with Gasteiger partial charge in [-0.3, -0.25) is 0 Å². The molecule has 1 aromatic carbocycles. The minimum Gasteiger partial charge on any atom is -0.467 e. The third-order valence-electron chi connectivity index (χ3n) is 2.60. The molecule has 0 amide bonds. The number of benzene rings is 1. The minimum absolute atomic E-state index is 0.0554. The average molecular weight is 253 g/mol. The molecule has 5 heteroatoms. The molecule has 1 aliphatic rings. The summed E-state index contributed by atoms with van der Waals surface area (Å²) in [7, 11) is 0. The first kappa shape index (κ1) is 13.0. The lowest BCUT2D eigenvalue weighted by Crippen LogP contribution is -2.18. The van der Waals surface area contributed by atoms with Crippen molar-refractivity contribution in [1.82, 2.24) is 0 Å². The second-order valence-corrected chi connectivity index (χ2v) is 4.25. The first-order valence-electron chi connectivity index (χ1n) is 6.09. The number of hydrogen-bond donors (Lipinski definition) is 1. The van der Waals surface area contributed by atoms with Gasteiger partial charge in [0.1, 0.15) is 5.75 Å². The van der Waals surface area contributed by atoms with E-state index in [1.54, 1.807) is 0 Å². The van der Waals surface area contributed by atoms with Crippen molar-refractivity contribution in [2.45, 2.75) is 26.3 Å². The summed E-state index contributed by atoms with van der Waals surface area (Å²) in [6, 6.07) is 3.81. The van der Waals surface area contributed by atoms with Gasteiger partial charge in [-0.15, -0.1) is 0 Å². The van der Waals surface area contributed by atoms with E-state index in [-0.39, 0.29) is 19.6 Å². The number of hydrogen-bond acceptors (Lipinski definition) is 5. The molecule has 1 heterocycles. The molecular formula is C13H19NO4. The van der Waals surface area contributed by atoms with Crippen LogP contribution in [0.1, 0.15) is 19.4 Å². The summed E-state index contributed by atoms with van der Waals surface area (Å²) in [5.41, 5.74) is 6.84. The topological polar surface area (TPSA) is 62.9 Å². The molecule has 0 bridgehead atoms. The first-order chi connectivity index (χ1) is 8.70.